The monoisotopic (exact) mass is 640 g/mol. The smallest absolute Gasteiger partial charge is 0.327 e. The van der Waals surface area contributed by atoms with Gasteiger partial charge in [-0.3, -0.25) is 0 Å². The van der Waals surface area contributed by atoms with Gasteiger partial charge in [-0.05, 0) is 95.5 Å². The standard InChI is InChI=1S/C42H57O3P/c1-38(2,3)31-18-16-27-23-33(35(40(7,8)9)25-29(27)21-31)34-15-13-14-20-42(34,45-46(43)44)37-24-28-17-19-32(39(4,5)6)22-30(28)26-36(37)41(10,11)12/h16-19,21-26,34,43-44H,13-15,20H2,1-12H3. The van der Waals surface area contributed by atoms with Crippen LogP contribution in [0.2, 0.25) is 0 Å². The maximum Gasteiger partial charge on any atom is 0.327 e. The molecule has 4 aromatic carbocycles. The first kappa shape index (κ1) is 35.0. The van der Waals surface area contributed by atoms with E-state index in [0.29, 0.717) is 0 Å². The van der Waals surface area contributed by atoms with Crippen LogP contribution in [0.3, 0.4) is 0 Å². The predicted molar refractivity (Wildman–Crippen MR) is 198 cm³/mol. The Kier molecular flexibility index (Phi) is 9.13. The zero-order valence-electron chi connectivity index (χ0n) is 30.4. The summed E-state index contributed by atoms with van der Waals surface area (Å²) in [5, 5.41) is 4.85. The molecule has 0 heterocycles. The molecule has 2 atom stereocenters. The summed E-state index contributed by atoms with van der Waals surface area (Å²) >= 11 is 0. The molecule has 0 bridgehead atoms. The van der Waals surface area contributed by atoms with E-state index in [1.807, 2.05) is 0 Å². The maximum absolute atomic E-state index is 10.7. The molecule has 248 valence electrons. The summed E-state index contributed by atoms with van der Waals surface area (Å²) in [6, 6.07) is 23.2. The number of hydrogen-bond donors (Lipinski definition) is 2. The Bertz CT molecular complexity index is 1740. The van der Waals surface area contributed by atoms with Gasteiger partial charge < -0.3 is 14.3 Å². The van der Waals surface area contributed by atoms with Gasteiger partial charge in [0.2, 0.25) is 0 Å². The first-order chi connectivity index (χ1) is 21.1. The molecule has 46 heavy (non-hydrogen) atoms. The highest BCUT2D eigenvalue weighted by Crippen LogP contribution is 2.58. The van der Waals surface area contributed by atoms with E-state index in [-0.39, 0.29) is 27.6 Å². The molecule has 0 saturated heterocycles. The van der Waals surface area contributed by atoms with Crippen molar-refractivity contribution in [1.82, 2.24) is 0 Å². The average Bonchev–Trinajstić information content (AvgIpc) is 2.93. The number of benzene rings is 4. The van der Waals surface area contributed by atoms with E-state index >= 15 is 0 Å². The van der Waals surface area contributed by atoms with Gasteiger partial charge in [0.15, 0.2) is 0 Å². The highest BCUT2D eigenvalue weighted by atomic mass is 31.2. The molecule has 5 rings (SSSR count). The zero-order valence-corrected chi connectivity index (χ0v) is 31.3. The SMILES string of the molecule is CC(C)(C)c1ccc2cc(C3CCCCC3(OP(O)O)c3cc4ccc(C(C)(C)C)cc4cc3C(C)(C)C)c(C(C)(C)C)cc2c1. The Morgan fingerprint density at radius 1 is 0.587 bits per heavy atom. The third-order valence-corrected chi connectivity index (χ3v) is 10.8. The van der Waals surface area contributed by atoms with E-state index in [4.69, 9.17) is 4.52 Å². The second kappa shape index (κ2) is 12.0. The highest BCUT2D eigenvalue weighted by molar-refractivity contribution is 7.39. The third-order valence-electron chi connectivity index (χ3n) is 10.3. The fraction of sp³-hybridized carbons (Fsp3) is 0.524. The normalized spacial score (nSPS) is 20.2. The van der Waals surface area contributed by atoms with E-state index < -0.39 is 14.2 Å². The lowest BCUT2D eigenvalue weighted by molar-refractivity contribution is -0.00778. The Morgan fingerprint density at radius 3 is 1.57 bits per heavy atom. The van der Waals surface area contributed by atoms with Gasteiger partial charge in [0.05, 0.1) is 0 Å². The van der Waals surface area contributed by atoms with E-state index in [9.17, 15) is 9.79 Å². The Balaban J connectivity index is 1.83. The Hall–Kier alpha value is -2.29. The minimum Gasteiger partial charge on any atom is -0.328 e. The molecule has 4 heteroatoms. The highest BCUT2D eigenvalue weighted by Gasteiger charge is 2.49. The van der Waals surface area contributed by atoms with Crippen LogP contribution < -0.4 is 0 Å². The average molecular weight is 641 g/mol. The number of rotatable bonds is 4. The van der Waals surface area contributed by atoms with Crippen molar-refractivity contribution in [2.75, 3.05) is 0 Å². The van der Waals surface area contributed by atoms with E-state index in [2.05, 4.69) is 144 Å². The lowest BCUT2D eigenvalue weighted by atomic mass is 9.63. The largest absolute Gasteiger partial charge is 0.328 e. The van der Waals surface area contributed by atoms with Crippen molar-refractivity contribution in [3.8, 4) is 0 Å². The molecular weight excluding hydrogens is 583 g/mol. The van der Waals surface area contributed by atoms with Gasteiger partial charge in [-0.2, -0.15) is 0 Å². The summed E-state index contributed by atoms with van der Waals surface area (Å²) in [6.07, 6.45) is 3.69. The van der Waals surface area contributed by atoms with Crippen LogP contribution in [0.25, 0.3) is 21.5 Å². The molecule has 1 saturated carbocycles. The van der Waals surface area contributed by atoms with Gasteiger partial charge in [-0.25, -0.2) is 0 Å². The lowest BCUT2D eigenvalue weighted by Crippen LogP contribution is -2.41. The van der Waals surface area contributed by atoms with Crippen LogP contribution in [0, 0.1) is 0 Å². The quantitative estimate of drug-likeness (QED) is 0.218. The molecular formula is C42H57O3P. The van der Waals surface area contributed by atoms with Gasteiger partial charge in [0.25, 0.3) is 0 Å². The van der Waals surface area contributed by atoms with Gasteiger partial charge in [0.1, 0.15) is 5.60 Å². The first-order valence-corrected chi connectivity index (χ1v) is 18.3. The topological polar surface area (TPSA) is 49.7 Å². The second-order valence-electron chi connectivity index (χ2n) is 18.0. The maximum atomic E-state index is 10.7. The van der Waals surface area contributed by atoms with Crippen molar-refractivity contribution in [2.45, 2.75) is 142 Å². The summed E-state index contributed by atoms with van der Waals surface area (Å²) < 4.78 is 6.61. The van der Waals surface area contributed by atoms with Gasteiger partial charge >= 0.3 is 8.60 Å². The number of fused-ring (bicyclic) bond motifs is 2. The molecule has 0 amide bonds. The van der Waals surface area contributed by atoms with Gasteiger partial charge in [0, 0.05) is 5.92 Å². The third kappa shape index (κ3) is 6.82. The molecule has 0 radical (unpaired) electrons. The first-order valence-electron chi connectivity index (χ1n) is 17.2. The van der Waals surface area contributed by atoms with Crippen LogP contribution >= 0.6 is 8.60 Å². The van der Waals surface area contributed by atoms with E-state index in [0.717, 1.165) is 36.6 Å². The zero-order chi connectivity index (χ0) is 34.0. The summed E-state index contributed by atoms with van der Waals surface area (Å²) in [7, 11) is -2.61. The lowest BCUT2D eigenvalue weighted by Gasteiger charge is -2.47. The van der Waals surface area contributed by atoms with Crippen LogP contribution in [0.15, 0.2) is 60.7 Å². The van der Waals surface area contributed by atoms with Gasteiger partial charge in [-0.15, -0.1) is 0 Å². The van der Waals surface area contributed by atoms with Crippen LogP contribution in [-0.4, -0.2) is 9.79 Å². The Labute approximate surface area is 279 Å². The van der Waals surface area contributed by atoms with Gasteiger partial charge in [-0.1, -0.05) is 151 Å². The van der Waals surface area contributed by atoms with E-state index in [1.54, 1.807) is 0 Å². The summed E-state index contributed by atoms with van der Waals surface area (Å²) in [6.45, 7) is 27.3. The molecule has 2 N–H and O–H groups in total. The number of hydrogen-bond acceptors (Lipinski definition) is 3. The van der Waals surface area contributed by atoms with Crippen molar-refractivity contribution in [3.05, 3.63) is 94.0 Å². The summed E-state index contributed by atoms with van der Waals surface area (Å²) in [5.41, 5.74) is 6.44. The summed E-state index contributed by atoms with van der Waals surface area (Å²) in [5.74, 6) is -0.0427. The van der Waals surface area contributed by atoms with E-state index in [1.165, 1.54) is 44.0 Å². The molecule has 0 aromatic heterocycles. The predicted octanol–water partition coefficient (Wildman–Crippen LogP) is 12.0. The van der Waals surface area contributed by atoms with Crippen molar-refractivity contribution in [3.63, 3.8) is 0 Å². The van der Waals surface area contributed by atoms with Crippen LogP contribution in [0.4, 0.5) is 0 Å². The minimum absolute atomic E-state index is 0.0427. The fourth-order valence-electron chi connectivity index (χ4n) is 7.63. The van der Waals surface area contributed by atoms with Crippen molar-refractivity contribution >= 4 is 30.1 Å². The fourth-order valence-corrected chi connectivity index (χ4v) is 8.24. The molecule has 4 aromatic rings. The van der Waals surface area contributed by atoms with Crippen molar-refractivity contribution in [2.24, 2.45) is 0 Å². The molecule has 1 aliphatic rings. The van der Waals surface area contributed by atoms with Crippen molar-refractivity contribution < 1.29 is 14.3 Å². The van der Waals surface area contributed by atoms with Crippen LogP contribution in [-0.2, 0) is 31.8 Å². The Morgan fingerprint density at radius 2 is 1.09 bits per heavy atom. The molecule has 2 unspecified atom stereocenters. The molecule has 1 aliphatic carbocycles. The second-order valence-corrected chi connectivity index (χ2v) is 18.7. The summed E-state index contributed by atoms with van der Waals surface area (Å²) in [4.78, 5) is 21.5. The van der Waals surface area contributed by atoms with Crippen LogP contribution in [0.1, 0.15) is 148 Å². The minimum atomic E-state index is -2.61. The molecule has 0 spiro atoms. The van der Waals surface area contributed by atoms with Crippen molar-refractivity contribution in [1.29, 1.82) is 0 Å². The molecule has 1 fully saturated rings. The molecule has 0 aliphatic heterocycles. The molecule has 3 nitrogen and oxygen atoms in total. The van der Waals surface area contributed by atoms with Crippen LogP contribution in [0.5, 0.6) is 0 Å².